The Morgan fingerprint density at radius 2 is 0.966 bits per heavy atom. The summed E-state index contributed by atoms with van der Waals surface area (Å²) >= 11 is 0. The van der Waals surface area contributed by atoms with E-state index in [4.69, 9.17) is 7.16 Å². The lowest BCUT2D eigenvalue weighted by molar-refractivity contribution is 0.670. The van der Waals surface area contributed by atoms with Gasteiger partial charge in [-0.1, -0.05) is 194 Å². The molecule has 0 amide bonds. The molecule has 0 radical (unpaired) electrons. The maximum atomic E-state index is 9.77. The lowest BCUT2D eigenvalue weighted by atomic mass is 9.82. The fraction of sp³-hybridized carbons (Fsp3) is 0. The van der Waals surface area contributed by atoms with Crippen LogP contribution in [0, 0.1) is 0 Å². The molecule has 0 atom stereocenters. The first-order valence-corrected chi connectivity index (χ1v) is 20.0. The highest BCUT2D eigenvalue weighted by molar-refractivity contribution is 6.27. The zero-order valence-electron chi connectivity index (χ0n) is 35.9. The third kappa shape index (κ3) is 5.33. The van der Waals surface area contributed by atoms with Crippen LogP contribution in [0.4, 0.5) is 0 Å². The summed E-state index contributed by atoms with van der Waals surface area (Å²) in [4.78, 5) is 0. The largest absolute Gasteiger partial charge is 0.455 e. The molecule has 12 aromatic rings. The van der Waals surface area contributed by atoms with Crippen LogP contribution in [-0.4, -0.2) is 0 Å². The highest BCUT2D eigenvalue weighted by Crippen LogP contribution is 2.50. The van der Waals surface area contributed by atoms with Crippen LogP contribution in [0.2, 0.25) is 0 Å². The van der Waals surface area contributed by atoms with Crippen molar-refractivity contribution >= 4 is 65.0 Å². The van der Waals surface area contributed by atoms with Crippen molar-refractivity contribution < 1.29 is 9.90 Å². The normalized spacial score (nSPS) is 12.7. The summed E-state index contributed by atoms with van der Waals surface area (Å²) in [6.07, 6.45) is 0. The third-order valence-electron chi connectivity index (χ3n) is 12.0. The van der Waals surface area contributed by atoms with Gasteiger partial charge in [0.05, 0.1) is 5.48 Å². The quantitative estimate of drug-likeness (QED) is 0.160. The van der Waals surface area contributed by atoms with Gasteiger partial charge in [0.25, 0.3) is 0 Å². The summed E-state index contributed by atoms with van der Waals surface area (Å²) in [6, 6.07) is 66.3. The van der Waals surface area contributed by atoms with Crippen LogP contribution in [0.3, 0.4) is 0 Å². The Labute approximate surface area is 347 Å². The van der Waals surface area contributed by atoms with Gasteiger partial charge in [0.2, 0.25) is 0 Å². The maximum Gasteiger partial charge on any atom is 0.143 e. The Morgan fingerprint density at radius 3 is 1.83 bits per heavy atom. The van der Waals surface area contributed by atoms with Crippen molar-refractivity contribution in [1.82, 2.24) is 0 Å². The molecule has 0 unspecified atom stereocenters. The van der Waals surface area contributed by atoms with Crippen LogP contribution >= 0.6 is 0 Å². The molecular weight excluding hydrogens is 713 g/mol. The second-order valence-corrected chi connectivity index (χ2v) is 15.2. The molecule has 12 rings (SSSR count). The van der Waals surface area contributed by atoms with E-state index in [0.29, 0.717) is 16.4 Å². The average Bonchev–Trinajstić information content (AvgIpc) is 3.74. The highest BCUT2D eigenvalue weighted by atomic mass is 16.3. The second-order valence-electron chi connectivity index (χ2n) is 15.2. The van der Waals surface area contributed by atoms with Gasteiger partial charge in [0, 0.05) is 16.3 Å². The van der Waals surface area contributed by atoms with Gasteiger partial charge in [-0.05, 0) is 117 Å². The van der Waals surface area contributed by atoms with E-state index in [1.807, 2.05) is 36.4 Å². The van der Waals surface area contributed by atoms with E-state index in [2.05, 4.69) is 158 Å². The van der Waals surface area contributed by atoms with Crippen molar-refractivity contribution in [2.24, 2.45) is 0 Å². The smallest absolute Gasteiger partial charge is 0.143 e. The zero-order valence-corrected chi connectivity index (χ0v) is 31.9. The van der Waals surface area contributed by atoms with Gasteiger partial charge in [0.1, 0.15) is 11.2 Å². The standard InChI is InChI=1S/C58H36O/c1-2-16-38(17-3-1)44-22-8-9-23-46(44)50-33-34-52(57-51-26-12-13-28-54(51)59-58(50)57)56-48-25-11-10-24-47(48)55(42-30-29-37-15-4-5-19-40(37)35-42)53-36-41(31-32-49(53)56)45-27-14-20-39-18-6-7-21-43(39)45/h1-36H/i10D,11D,24D,25D. The maximum absolute atomic E-state index is 9.77. The van der Waals surface area contributed by atoms with E-state index in [0.717, 1.165) is 104 Å². The van der Waals surface area contributed by atoms with Crippen molar-refractivity contribution in [3.05, 3.63) is 218 Å². The molecule has 0 N–H and O–H groups in total. The summed E-state index contributed by atoms with van der Waals surface area (Å²) < 4.78 is 44.7. The molecule has 274 valence electrons. The third-order valence-corrected chi connectivity index (χ3v) is 12.0. The first-order chi connectivity index (χ1) is 30.9. The van der Waals surface area contributed by atoms with Crippen LogP contribution in [0.5, 0.6) is 0 Å². The Morgan fingerprint density at radius 1 is 0.322 bits per heavy atom. The van der Waals surface area contributed by atoms with Crippen LogP contribution in [0.15, 0.2) is 223 Å². The number of benzene rings is 11. The molecule has 1 heterocycles. The van der Waals surface area contributed by atoms with E-state index >= 15 is 0 Å². The molecule has 0 aliphatic rings. The molecule has 0 fully saturated rings. The van der Waals surface area contributed by atoms with Gasteiger partial charge >= 0.3 is 0 Å². The summed E-state index contributed by atoms with van der Waals surface area (Å²) in [6.45, 7) is 0. The summed E-state index contributed by atoms with van der Waals surface area (Å²) in [5.74, 6) is 0. The fourth-order valence-corrected chi connectivity index (χ4v) is 9.33. The number of rotatable bonds is 5. The lowest BCUT2D eigenvalue weighted by Gasteiger charge is -2.20. The SMILES string of the molecule is [2H]c1c([2H])c([2H])c2c(-c3ccc(-c4ccccc4-c4ccccc4)c4oc5ccccc5c34)c3ccc(-c4cccc5ccccc45)cc3c(-c3ccc4ccccc4c3)c2c1[2H]. The van der Waals surface area contributed by atoms with Gasteiger partial charge in [-0.15, -0.1) is 0 Å². The molecular formula is C58H36O. The lowest BCUT2D eigenvalue weighted by Crippen LogP contribution is -1.93. The van der Waals surface area contributed by atoms with E-state index < -0.39 is 0 Å². The minimum atomic E-state index is -0.272. The van der Waals surface area contributed by atoms with Gasteiger partial charge < -0.3 is 4.42 Å². The van der Waals surface area contributed by atoms with Gasteiger partial charge in [-0.3, -0.25) is 0 Å². The molecule has 0 spiro atoms. The van der Waals surface area contributed by atoms with E-state index in [-0.39, 0.29) is 24.2 Å². The Balaban J connectivity index is 1.26. The molecule has 0 aliphatic carbocycles. The molecule has 0 bridgehead atoms. The van der Waals surface area contributed by atoms with Crippen molar-refractivity contribution in [2.75, 3.05) is 0 Å². The number of para-hydroxylation sites is 1. The van der Waals surface area contributed by atoms with Crippen LogP contribution in [-0.2, 0) is 0 Å². The molecule has 0 aliphatic heterocycles. The minimum absolute atomic E-state index is 0.0745. The Hall–Kier alpha value is -7.74. The first-order valence-electron chi connectivity index (χ1n) is 22.0. The topological polar surface area (TPSA) is 13.1 Å². The Bertz CT molecular complexity index is 3840. The highest BCUT2D eigenvalue weighted by Gasteiger charge is 2.24. The number of furan rings is 1. The number of hydrogen-bond donors (Lipinski definition) is 0. The fourth-order valence-electron chi connectivity index (χ4n) is 9.33. The monoisotopic (exact) mass is 752 g/mol. The van der Waals surface area contributed by atoms with Crippen molar-refractivity contribution in [3.63, 3.8) is 0 Å². The summed E-state index contributed by atoms with van der Waals surface area (Å²) in [5, 5.41) is 8.94. The molecule has 0 saturated heterocycles. The second kappa shape index (κ2) is 13.4. The van der Waals surface area contributed by atoms with Gasteiger partial charge in [0.15, 0.2) is 0 Å². The molecule has 0 saturated carbocycles. The summed E-state index contributed by atoms with van der Waals surface area (Å²) in [7, 11) is 0. The molecule has 1 aromatic heterocycles. The Kier molecular flexibility index (Phi) is 6.72. The van der Waals surface area contributed by atoms with Gasteiger partial charge in [-0.2, -0.15) is 0 Å². The van der Waals surface area contributed by atoms with Crippen molar-refractivity contribution in [3.8, 4) is 55.6 Å². The van der Waals surface area contributed by atoms with Crippen molar-refractivity contribution in [2.45, 2.75) is 0 Å². The number of fused-ring (bicyclic) bond motifs is 7. The predicted molar refractivity (Wildman–Crippen MR) is 251 cm³/mol. The molecule has 1 nitrogen and oxygen atoms in total. The predicted octanol–water partition coefficient (Wildman–Crippen LogP) is 16.5. The van der Waals surface area contributed by atoms with E-state index in [9.17, 15) is 2.74 Å². The molecule has 11 aromatic carbocycles. The summed E-state index contributed by atoms with van der Waals surface area (Å²) in [5.41, 5.74) is 10.9. The molecule has 1 heteroatoms. The molecule has 59 heavy (non-hydrogen) atoms. The van der Waals surface area contributed by atoms with E-state index in [1.54, 1.807) is 0 Å². The average molecular weight is 753 g/mol. The minimum Gasteiger partial charge on any atom is -0.455 e. The van der Waals surface area contributed by atoms with Crippen molar-refractivity contribution in [1.29, 1.82) is 0 Å². The van der Waals surface area contributed by atoms with Gasteiger partial charge in [-0.25, -0.2) is 0 Å². The van der Waals surface area contributed by atoms with Crippen LogP contribution < -0.4 is 0 Å². The first kappa shape index (κ1) is 29.5. The van der Waals surface area contributed by atoms with Crippen LogP contribution in [0.25, 0.3) is 121 Å². The van der Waals surface area contributed by atoms with Crippen LogP contribution in [0.1, 0.15) is 5.48 Å². The zero-order chi connectivity index (χ0) is 42.3. The number of hydrogen-bond acceptors (Lipinski definition) is 1. The van der Waals surface area contributed by atoms with E-state index in [1.165, 1.54) is 0 Å².